The van der Waals surface area contributed by atoms with Crippen molar-refractivity contribution in [1.29, 1.82) is 0 Å². The lowest BCUT2D eigenvalue weighted by Crippen LogP contribution is -2.47. The van der Waals surface area contributed by atoms with Crippen LogP contribution in [-0.4, -0.2) is 52.7 Å². The van der Waals surface area contributed by atoms with E-state index in [4.69, 9.17) is 14.2 Å². The molecule has 3 heterocycles. The van der Waals surface area contributed by atoms with Gasteiger partial charge in [0.05, 0.1) is 4.87 Å². The number of carbonyl (C=O) groups is 3. The SMILES string of the molecule is C[C@]12CCC(=O)N1[C@@H](C(=O)OCC(=O)Nc1ccc3c(c1)OCO3)CS2. The smallest absolute Gasteiger partial charge is 0.330 e. The molecule has 2 amide bonds. The summed E-state index contributed by atoms with van der Waals surface area (Å²) in [5.41, 5.74) is 0.522. The molecule has 9 heteroatoms. The summed E-state index contributed by atoms with van der Waals surface area (Å²) < 4.78 is 15.6. The Morgan fingerprint density at radius 2 is 2.19 bits per heavy atom. The van der Waals surface area contributed by atoms with Gasteiger partial charge >= 0.3 is 5.97 Å². The molecule has 1 aromatic rings. The largest absolute Gasteiger partial charge is 0.454 e. The van der Waals surface area contributed by atoms with Crippen LogP contribution in [0.2, 0.25) is 0 Å². The van der Waals surface area contributed by atoms with Crippen molar-refractivity contribution < 1.29 is 28.6 Å². The molecule has 0 saturated carbocycles. The van der Waals surface area contributed by atoms with Gasteiger partial charge in [-0.05, 0) is 25.5 Å². The first-order valence-electron chi connectivity index (χ1n) is 8.28. The Morgan fingerprint density at radius 3 is 3.04 bits per heavy atom. The molecule has 3 aliphatic rings. The minimum atomic E-state index is -0.627. The molecule has 0 unspecified atom stereocenters. The number of hydrogen-bond donors (Lipinski definition) is 1. The van der Waals surface area contributed by atoms with Crippen LogP contribution in [-0.2, 0) is 19.1 Å². The number of ether oxygens (including phenoxy) is 3. The number of hydrogen-bond acceptors (Lipinski definition) is 7. The van der Waals surface area contributed by atoms with Crippen molar-refractivity contribution in [3.8, 4) is 11.5 Å². The van der Waals surface area contributed by atoms with Crippen LogP contribution in [0.4, 0.5) is 5.69 Å². The molecule has 4 rings (SSSR count). The van der Waals surface area contributed by atoms with Crippen molar-refractivity contribution in [2.45, 2.75) is 30.7 Å². The third kappa shape index (κ3) is 2.96. The number of benzene rings is 1. The Hall–Kier alpha value is -2.42. The fourth-order valence-electron chi connectivity index (χ4n) is 3.40. The van der Waals surface area contributed by atoms with Gasteiger partial charge in [-0.25, -0.2) is 4.79 Å². The fraction of sp³-hybridized carbons (Fsp3) is 0.471. The van der Waals surface area contributed by atoms with Gasteiger partial charge < -0.3 is 24.4 Å². The van der Waals surface area contributed by atoms with E-state index in [0.717, 1.165) is 6.42 Å². The summed E-state index contributed by atoms with van der Waals surface area (Å²) in [6.07, 6.45) is 1.17. The third-order valence-electron chi connectivity index (χ3n) is 4.72. The van der Waals surface area contributed by atoms with Crippen molar-refractivity contribution in [1.82, 2.24) is 4.90 Å². The molecule has 2 fully saturated rings. The van der Waals surface area contributed by atoms with Crippen LogP contribution >= 0.6 is 11.8 Å². The van der Waals surface area contributed by atoms with Crippen LogP contribution in [0.3, 0.4) is 0 Å². The van der Waals surface area contributed by atoms with Gasteiger partial charge in [-0.15, -0.1) is 11.8 Å². The number of carbonyl (C=O) groups excluding carboxylic acids is 3. The second kappa shape index (κ2) is 6.39. The summed E-state index contributed by atoms with van der Waals surface area (Å²) in [6.45, 7) is 1.70. The van der Waals surface area contributed by atoms with Crippen molar-refractivity contribution in [2.24, 2.45) is 0 Å². The molecule has 1 aromatic carbocycles. The van der Waals surface area contributed by atoms with Crippen molar-refractivity contribution in [3.05, 3.63) is 18.2 Å². The first-order valence-corrected chi connectivity index (χ1v) is 9.27. The lowest BCUT2D eigenvalue weighted by atomic mass is 10.2. The van der Waals surface area contributed by atoms with Crippen molar-refractivity contribution >= 4 is 35.2 Å². The number of nitrogens with zero attached hydrogens (tertiary/aromatic N) is 1. The summed E-state index contributed by atoms with van der Waals surface area (Å²) in [5, 5.41) is 2.64. The highest BCUT2D eigenvalue weighted by Gasteiger charge is 2.53. The predicted octanol–water partition coefficient (Wildman–Crippen LogP) is 1.35. The van der Waals surface area contributed by atoms with E-state index in [2.05, 4.69) is 5.32 Å². The van der Waals surface area contributed by atoms with E-state index in [1.807, 2.05) is 6.92 Å². The van der Waals surface area contributed by atoms with E-state index in [1.54, 1.807) is 34.9 Å². The summed E-state index contributed by atoms with van der Waals surface area (Å²) in [6, 6.07) is 4.39. The first-order chi connectivity index (χ1) is 12.5. The molecule has 138 valence electrons. The number of esters is 1. The number of rotatable bonds is 4. The standard InChI is InChI=1S/C17H18N2O6S/c1-17-5-4-15(21)19(17)11(8-26-17)16(22)23-7-14(20)18-10-2-3-12-13(6-10)25-9-24-12/h2-3,6,11H,4-5,7-9H2,1H3,(H,18,20)/t11-,17+/m1/s1. The Morgan fingerprint density at radius 1 is 1.38 bits per heavy atom. The molecule has 0 radical (unpaired) electrons. The zero-order valence-corrected chi connectivity index (χ0v) is 15.0. The maximum Gasteiger partial charge on any atom is 0.330 e. The molecule has 1 N–H and O–H groups in total. The quantitative estimate of drug-likeness (QED) is 0.791. The molecular weight excluding hydrogens is 360 g/mol. The molecule has 2 saturated heterocycles. The lowest BCUT2D eigenvalue weighted by molar-refractivity contribution is -0.155. The van der Waals surface area contributed by atoms with Gasteiger partial charge in [-0.3, -0.25) is 9.59 Å². The van der Waals surface area contributed by atoms with Gasteiger partial charge in [0.2, 0.25) is 12.7 Å². The topological polar surface area (TPSA) is 94.2 Å². The van der Waals surface area contributed by atoms with Crippen LogP contribution in [0.25, 0.3) is 0 Å². The van der Waals surface area contributed by atoms with Crippen LogP contribution in [0.15, 0.2) is 18.2 Å². The zero-order chi connectivity index (χ0) is 18.3. The average molecular weight is 378 g/mol. The molecule has 0 bridgehead atoms. The summed E-state index contributed by atoms with van der Waals surface area (Å²) in [4.78, 5) is 37.7. The number of nitrogens with one attached hydrogen (secondary N) is 1. The van der Waals surface area contributed by atoms with Crippen molar-refractivity contribution in [2.75, 3.05) is 24.5 Å². The predicted molar refractivity (Wildman–Crippen MR) is 92.9 cm³/mol. The Kier molecular flexibility index (Phi) is 4.18. The van der Waals surface area contributed by atoms with Gasteiger partial charge in [0, 0.05) is 23.9 Å². The Labute approximate surface area is 154 Å². The average Bonchev–Trinajstić information content (AvgIpc) is 3.28. The highest BCUT2D eigenvalue weighted by Crippen LogP contribution is 2.47. The molecular formula is C17H18N2O6S. The maximum atomic E-state index is 12.3. The van der Waals surface area contributed by atoms with Gasteiger partial charge in [0.15, 0.2) is 18.1 Å². The second-order valence-corrected chi connectivity index (χ2v) is 7.99. The Bertz CT molecular complexity index is 785. The van der Waals surface area contributed by atoms with E-state index >= 15 is 0 Å². The van der Waals surface area contributed by atoms with Gasteiger partial charge in [0.25, 0.3) is 5.91 Å². The van der Waals surface area contributed by atoms with E-state index in [-0.39, 0.29) is 17.6 Å². The fourth-order valence-corrected chi connectivity index (χ4v) is 4.82. The molecule has 0 aromatic heterocycles. The van der Waals surface area contributed by atoms with E-state index in [0.29, 0.717) is 29.4 Å². The highest BCUT2D eigenvalue weighted by molar-refractivity contribution is 8.01. The minimum absolute atomic E-state index is 0.0377. The molecule has 0 spiro atoms. The molecule has 8 nitrogen and oxygen atoms in total. The maximum absolute atomic E-state index is 12.3. The molecule has 3 aliphatic heterocycles. The second-order valence-electron chi connectivity index (χ2n) is 6.49. The van der Waals surface area contributed by atoms with Gasteiger partial charge in [-0.2, -0.15) is 0 Å². The molecule has 0 aliphatic carbocycles. The Balaban J connectivity index is 1.32. The number of thioether (sulfide) groups is 1. The summed E-state index contributed by atoms with van der Waals surface area (Å²) in [5.74, 6) is 0.617. The molecule has 2 atom stereocenters. The minimum Gasteiger partial charge on any atom is -0.454 e. The van der Waals surface area contributed by atoms with Crippen LogP contribution in [0.1, 0.15) is 19.8 Å². The number of fused-ring (bicyclic) bond motifs is 2. The van der Waals surface area contributed by atoms with Crippen LogP contribution < -0.4 is 14.8 Å². The van der Waals surface area contributed by atoms with E-state index in [9.17, 15) is 14.4 Å². The van der Waals surface area contributed by atoms with Crippen LogP contribution in [0.5, 0.6) is 11.5 Å². The first kappa shape index (κ1) is 17.0. The van der Waals surface area contributed by atoms with E-state index < -0.39 is 24.5 Å². The van der Waals surface area contributed by atoms with Crippen molar-refractivity contribution in [3.63, 3.8) is 0 Å². The van der Waals surface area contributed by atoms with Gasteiger partial charge in [-0.1, -0.05) is 0 Å². The summed E-state index contributed by atoms with van der Waals surface area (Å²) in [7, 11) is 0. The summed E-state index contributed by atoms with van der Waals surface area (Å²) >= 11 is 1.58. The third-order valence-corrected chi connectivity index (χ3v) is 6.22. The van der Waals surface area contributed by atoms with E-state index in [1.165, 1.54) is 0 Å². The lowest BCUT2D eigenvalue weighted by Gasteiger charge is -2.29. The highest BCUT2D eigenvalue weighted by atomic mass is 32.2. The monoisotopic (exact) mass is 378 g/mol. The number of amides is 2. The van der Waals surface area contributed by atoms with Crippen LogP contribution in [0, 0.1) is 0 Å². The zero-order valence-electron chi connectivity index (χ0n) is 14.1. The van der Waals surface area contributed by atoms with Gasteiger partial charge in [0.1, 0.15) is 6.04 Å². The normalized spacial score (nSPS) is 26.0. The molecule has 26 heavy (non-hydrogen) atoms. The number of anilines is 1.